The summed E-state index contributed by atoms with van der Waals surface area (Å²) in [5.41, 5.74) is 0.250. The summed E-state index contributed by atoms with van der Waals surface area (Å²) in [4.78, 5) is 16.5. The lowest BCUT2D eigenvalue weighted by Crippen LogP contribution is -2.54. The van der Waals surface area contributed by atoms with Gasteiger partial charge in [-0.2, -0.15) is 0 Å². The van der Waals surface area contributed by atoms with Crippen LogP contribution in [0.4, 0.5) is 5.13 Å². The normalized spacial score (nSPS) is 38.0. The van der Waals surface area contributed by atoms with E-state index in [1.165, 1.54) is 57.0 Å². The van der Waals surface area contributed by atoms with E-state index in [4.69, 9.17) is 4.74 Å². The maximum atomic E-state index is 11.5. The van der Waals surface area contributed by atoms with Crippen LogP contribution in [0.1, 0.15) is 48.2 Å². The van der Waals surface area contributed by atoms with Gasteiger partial charge in [-0.15, -0.1) is 0 Å². The maximum Gasteiger partial charge on any atom is 0.349 e. The number of carbonyl (C=O) groups excluding carboxylic acids is 1. The van der Waals surface area contributed by atoms with E-state index in [9.17, 15) is 4.79 Å². The first-order valence-corrected chi connectivity index (χ1v) is 8.30. The number of esters is 1. The van der Waals surface area contributed by atoms with Gasteiger partial charge in [-0.3, -0.25) is 0 Å². The molecule has 1 heterocycles. The number of ether oxygens (including phenoxy) is 1. The predicted octanol–water partition coefficient (Wildman–Crippen LogP) is 3.31. The highest BCUT2D eigenvalue weighted by atomic mass is 32.1. The van der Waals surface area contributed by atoms with Crippen molar-refractivity contribution in [2.45, 2.75) is 44.1 Å². The number of hydrogen-bond donors (Lipinski definition) is 1. The number of thiazole rings is 1. The third kappa shape index (κ3) is 2.03. The lowest BCUT2D eigenvalue weighted by Gasteiger charge is -2.56. The minimum atomic E-state index is -0.291. The van der Waals surface area contributed by atoms with Crippen molar-refractivity contribution in [2.24, 2.45) is 17.8 Å². The van der Waals surface area contributed by atoms with Crippen molar-refractivity contribution < 1.29 is 9.53 Å². The number of hydrogen-bond acceptors (Lipinski definition) is 5. The number of methoxy groups -OCH3 is 1. The molecule has 1 N–H and O–H groups in total. The minimum absolute atomic E-state index is 0.250. The van der Waals surface area contributed by atoms with Crippen LogP contribution in [0.15, 0.2) is 6.20 Å². The van der Waals surface area contributed by atoms with Crippen LogP contribution < -0.4 is 5.32 Å². The van der Waals surface area contributed by atoms with E-state index < -0.39 is 0 Å². The van der Waals surface area contributed by atoms with Gasteiger partial charge in [0.25, 0.3) is 0 Å². The van der Waals surface area contributed by atoms with Gasteiger partial charge in [0, 0.05) is 5.54 Å². The third-order valence-corrected chi connectivity index (χ3v) is 6.20. The Morgan fingerprint density at radius 2 is 1.90 bits per heavy atom. The second kappa shape index (κ2) is 4.45. The Morgan fingerprint density at radius 3 is 2.45 bits per heavy atom. The lowest BCUT2D eigenvalue weighted by molar-refractivity contribution is 0.0107. The van der Waals surface area contributed by atoms with Crippen molar-refractivity contribution in [1.82, 2.24) is 4.98 Å². The smallest absolute Gasteiger partial charge is 0.349 e. The molecule has 20 heavy (non-hydrogen) atoms. The average molecular weight is 292 g/mol. The van der Waals surface area contributed by atoms with E-state index in [2.05, 4.69) is 10.3 Å². The second-order valence-corrected chi connectivity index (χ2v) is 7.87. The Kier molecular flexibility index (Phi) is 2.81. The SMILES string of the molecule is COC(=O)c1cnc(NC23CC4CC(CC(C4)C2)C3)s1. The van der Waals surface area contributed by atoms with Gasteiger partial charge in [0.15, 0.2) is 5.13 Å². The van der Waals surface area contributed by atoms with E-state index in [1.807, 2.05) is 0 Å². The van der Waals surface area contributed by atoms with Gasteiger partial charge < -0.3 is 10.1 Å². The molecule has 4 aliphatic carbocycles. The molecule has 0 aliphatic heterocycles. The van der Waals surface area contributed by atoms with Crippen molar-refractivity contribution in [3.8, 4) is 0 Å². The fourth-order valence-electron chi connectivity index (χ4n) is 5.02. The molecule has 0 atom stereocenters. The summed E-state index contributed by atoms with van der Waals surface area (Å²) < 4.78 is 4.75. The zero-order valence-corrected chi connectivity index (χ0v) is 12.5. The van der Waals surface area contributed by atoms with Gasteiger partial charge in [0.1, 0.15) is 4.88 Å². The molecule has 4 saturated carbocycles. The average Bonchev–Trinajstić information content (AvgIpc) is 2.83. The fourth-order valence-corrected chi connectivity index (χ4v) is 5.87. The monoisotopic (exact) mass is 292 g/mol. The Bertz CT molecular complexity index is 504. The summed E-state index contributed by atoms with van der Waals surface area (Å²) in [7, 11) is 1.41. The van der Waals surface area contributed by atoms with E-state index in [-0.39, 0.29) is 11.5 Å². The largest absolute Gasteiger partial charge is 0.465 e. The number of anilines is 1. The van der Waals surface area contributed by atoms with Crippen LogP contribution in [-0.2, 0) is 4.74 Å². The molecule has 0 unspecified atom stereocenters. The molecular formula is C15H20N2O2S. The number of nitrogens with zero attached hydrogens (tertiary/aromatic N) is 1. The van der Waals surface area contributed by atoms with Gasteiger partial charge in [0.2, 0.25) is 0 Å². The highest BCUT2D eigenvalue weighted by molar-refractivity contribution is 7.17. The molecule has 5 rings (SSSR count). The number of aromatic nitrogens is 1. The van der Waals surface area contributed by atoms with Crippen LogP contribution >= 0.6 is 11.3 Å². The standard InChI is InChI=1S/C15H20N2O2S/c1-19-13(18)12-8-16-14(20-12)17-15-5-9-2-10(6-15)4-11(3-9)7-15/h8-11H,2-7H2,1H3,(H,16,17). The molecule has 1 aromatic heterocycles. The zero-order valence-electron chi connectivity index (χ0n) is 11.7. The first kappa shape index (κ1) is 12.6. The molecule has 0 radical (unpaired) electrons. The zero-order chi connectivity index (χ0) is 13.7. The predicted molar refractivity (Wildman–Crippen MR) is 78.0 cm³/mol. The van der Waals surface area contributed by atoms with Crippen LogP contribution in [0.25, 0.3) is 0 Å². The quantitative estimate of drug-likeness (QED) is 0.868. The van der Waals surface area contributed by atoms with Gasteiger partial charge in [-0.1, -0.05) is 11.3 Å². The van der Waals surface area contributed by atoms with E-state index in [0.29, 0.717) is 4.88 Å². The molecule has 0 spiro atoms. The molecule has 108 valence electrons. The first-order valence-electron chi connectivity index (χ1n) is 7.48. The molecule has 0 saturated heterocycles. The maximum absolute atomic E-state index is 11.5. The molecule has 0 aromatic carbocycles. The van der Waals surface area contributed by atoms with Crippen LogP contribution in [0.5, 0.6) is 0 Å². The molecular weight excluding hydrogens is 272 g/mol. The molecule has 1 aromatic rings. The van der Waals surface area contributed by atoms with Crippen molar-refractivity contribution >= 4 is 22.4 Å². The fraction of sp³-hybridized carbons (Fsp3) is 0.733. The summed E-state index contributed by atoms with van der Waals surface area (Å²) in [5, 5.41) is 4.57. The summed E-state index contributed by atoms with van der Waals surface area (Å²) in [6, 6.07) is 0. The molecule has 4 bridgehead atoms. The Balaban J connectivity index is 1.54. The van der Waals surface area contributed by atoms with Gasteiger partial charge in [-0.25, -0.2) is 9.78 Å². The number of carbonyl (C=O) groups is 1. The Hall–Kier alpha value is -1.10. The summed E-state index contributed by atoms with van der Waals surface area (Å²) >= 11 is 1.42. The molecule has 4 aliphatic rings. The summed E-state index contributed by atoms with van der Waals surface area (Å²) in [6.45, 7) is 0. The van der Waals surface area contributed by atoms with E-state index >= 15 is 0 Å². The van der Waals surface area contributed by atoms with Crippen molar-refractivity contribution in [3.05, 3.63) is 11.1 Å². The Labute approximate surface area is 122 Å². The topological polar surface area (TPSA) is 51.2 Å². The highest BCUT2D eigenvalue weighted by Crippen LogP contribution is 2.56. The molecule has 5 heteroatoms. The molecule has 4 fully saturated rings. The minimum Gasteiger partial charge on any atom is -0.465 e. The van der Waals surface area contributed by atoms with Crippen molar-refractivity contribution in [3.63, 3.8) is 0 Å². The summed E-state index contributed by atoms with van der Waals surface area (Å²) in [5.74, 6) is 2.44. The van der Waals surface area contributed by atoms with Gasteiger partial charge in [0.05, 0.1) is 13.3 Å². The third-order valence-electron chi connectivity index (χ3n) is 5.30. The molecule has 0 amide bonds. The highest BCUT2D eigenvalue weighted by Gasteiger charge is 2.51. The van der Waals surface area contributed by atoms with E-state index in [0.717, 1.165) is 22.9 Å². The number of rotatable bonds is 3. The lowest BCUT2D eigenvalue weighted by atomic mass is 9.53. The number of nitrogens with one attached hydrogen (secondary N) is 1. The van der Waals surface area contributed by atoms with Gasteiger partial charge in [-0.05, 0) is 56.3 Å². The summed E-state index contributed by atoms with van der Waals surface area (Å²) in [6.07, 6.45) is 9.79. The second-order valence-electron chi connectivity index (χ2n) is 6.84. The van der Waals surface area contributed by atoms with Crippen molar-refractivity contribution in [1.29, 1.82) is 0 Å². The Morgan fingerprint density at radius 1 is 1.30 bits per heavy atom. The van der Waals surface area contributed by atoms with Crippen LogP contribution in [-0.4, -0.2) is 23.6 Å². The molecule has 4 nitrogen and oxygen atoms in total. The van der Waals surface area contributed by atoms with E-state index in [1.54, 1.807) is 6.20 Å². The van der Waals surface area contributed by atoms with Gasteiger partial charge >= 0.3 is 5.97 Å². The van der Waals surface area contributed by atoms with Crippen LogP contribution in [0.2, 0.25) is 0 Å². The van der Waals surface area contributed by atoms with Crippen LogP contribution in [0, 0.1) is 17.8 Å². The first-order chi connectivity index (χ1) is 9.66. The van der Waals surface area contributed by atoms with Crippen molar-refractivity contribution in [2.75, 3.05) is 12.4 Å². The van der Waals surface area contributed by atoms with Crippen LogP contribution in [0.3, 0.4) is 0 Å².